The van der Waals surface area contributed by atoms with Crippen molar-refractivity contribution in [3.8, 4) is 67.4 Å². The van der Waals surface area contributed by atoms with Gasteiger partial charge in [0.1, 0.15) is 11.0 Å². The minimum atomic E-state index is -0.252. The third-order valence-electron chi connectivity index (χ3n) is 11.4. The first-order chi connectivity index (χ1) is 27.6. The van der Waals surface area contributed by atoms with Crippen LogP contribution in [0.3, 0.4) is 0 Å². The Labute approximate surface area is 324 Å². The normalized spacial score (nSPS) is 14.6. The predicted molar refractivity (Wildman–Crippen MR) is 226 cm³/mol. The summed E-state index contributed by atoms with van der Waals surface area (Å²) in [6.45, 7) is 2.37. The van der Waals surface area contributed by atoms with Crippen molar-refractivity contribution in [2.75, 3.05) is 0 Å². The van der Waals surface area contributed by atoms with Crippen LogP contribution in [0.5, 0.6) is 0 Å². The van der Waals surface area contributed by atoms with Crippen LogP contribution in [0, 0.1) is 0 Å². The molecule has 4 heteroatoms. The number of fused-ring (bicyclic) bond motifs is 5. The maximum atomic E-state index is 6.26. The highest BCUT2D eigenvalue weighted by Gasteiger charge is 2.40. The van der Waals surface area contributed by atoms with Crippen molar-refractivity contribution in [1.82, 2.24) is 9.97 Å². The predicted octanol–water partition coefficient (Wildman–Crippen LogP) is 13.6. The van der Waals surface area contributed by atoms with Crippen LogP contribution in [0.25, 0.3) is 89.6 Å². The van der Waals surface area contributed by atoms with Crippen LogP contribution in [0.2, 0.25) is 0 Å². The summed E-state index contributed by atoms with van der Waals surface area (Å²) in [6, 6.07) is 66.3. The van der Waals surface area contributed by atoms with Gasteiger partial charge in [0.2, 0.25) is 11.8 Å². The molecule has 1 aliphatic carbocycles. The van der Waals surface area contributed by atoms with Gasteiger partial charge >= 0.3 is 0 Å². The van der Waals surface area contributed by atoms with Crippen LogP contribution < -0.4 is 0 Å². The lowest BCUT2D eigenvalue weighted by molar-refractivity contribution is 0.617. The fourth-order valence-electron chi connectivity index (χ4n) is 8.54. The first-order valence-electron chi connectivity index (χ1n) is 19.0. The number of oxazole rings is 2. The Balaban J connectivity index is 0.997. The van der Waals surface area contributed by atoms with Crippen LogP contribution in [0.15, 0.2) is 197 Å². The van der Waals surface area contributed by atoms with Crippen LogP contribution in [-0.2, 0) is 5.41 Å². The van der Waals surface area contributed by atoms with Crippen molar-refractivity contribution < 1.29 is 8.83 Å². The molecule has 11 rings (SSSR count). The van der Waals surface area contributed by atoms with Crippen LogP contribution in [-0.4, -0.2) is 9.97 Å². The Bertz CT molecular complexity index is 2960. The van der Waals surface area contributed by atoms with Gasteiger partial charge in [0.15, 0.2) is 11.2 Å². The van der Waals surface area contributed by atoms with Crippen molar-refractivity contribution in [2.24, 2.45) is 0 Å². The van der Waals surface area contributed by atoms with Gasteiger partial charge in [-0.3, -0.25) is 0 Å². The molecule has 56 heavy (non-hydrogen) atoms. The number of hydrogen-bond donors (Lipinski definition) is 0. The summed E-state index contributed by atoms with van der Waals surface area (Å²) in [5, 5.41) is 0. The average Bonchev–Trinajstić information content (AvgIpc) is 3.98. The number of nitrogens with zero attached hydrogens (tertiary/aromatic N) is 2. The highest BCUT2D eigenvalue weighted by molar-refractivity contribution is 5.87. The summed E-state index contributed by atoms with van der Waals surface area (Å²) in [6.07, 6.45) is 0. The summed E-state index contributed by atoms with van der Waals surface area (Å²) in [7, 11) is 0. The molecule has 4 nitrogen and oxygen atoms in total. The zero-order valence-corrected chi connectivity index (χ0v) is 30.6. The lowest BCUT2D eigenvalue weighted by Gasteiger charge is -2.28. The molecule has 0 amide bonds. The second-order valence-corrected chi connectivity index (χ2v) is 14.7. The summed E-state index contributed by atoms with van der Waals surface area (Å²) in [5.41, 5.74) is 17.9. The van der Waals surface area contributed by atoms with Gasteiger partial charge in [-0.25, -0.2) is 9.97 Å². The van der Waals surface area contributed by atoms with E-state index in [1.165, 1.54) is 38.9 Å². The van der Waals surface area contributed by atoms with E-state index in [-0.39, 0.29) is 5.41 Å². The van der Waals surface area contributed by atoms with E-state index in [4.69, 9.17) is 18.8 Å². The third kappa shape index (κ3) is 5.22. The zero-order valence-electron chi connectivity index (χ0n) is 30.6. The fraction of sp³-hybridized carbons (Fsp3) is 0.0385. The second-order valence-electron chi connectivity index (χ2n) is 14.7. The summed E-state index contributed by atoms with van der Waals surface area (Å²) >= 11 is 0. The van der Waals surface area contributed by atoms with Gasteiger partial charge in [-0.15, -0.1) is 0 Å². The van der Waals surface area contributed by atoms with Crippen molar-refractivity contribution in [1.29, 1.82) is 0 Å². The average molecular weight is 719 g/mol. The minimum Gasteiger partial charge on any atom is -0.436 e. The van der Waals surface area contributed by atoms with Crippen molar-refractivity contribution in [3.05, 3.63) is 205 Å². The SMILES string of the molecule is CC1(c2ccccc2)c2ccccc2-c2ccc(-c3cccc(-c4cccc(-c5cc(-c6nc7ccccc7o6)cc(-c6nc7ccccc7o6)c5)c4)c3)cc21. The Morgan fingerprint density at radius 3 is 1.43 bits per heavy atom. The van der Waals surface area contributed by atoms with Gasteiger partial charge < -0.3 is 8.83 Å². The quantitative estimate of drug-likeness (QED) is 0.172. The van der Waals surface area contributed by atoms with Crippen molar-refractivity contribution >= 4 is 22.2 Å². The molecule has 10 aromatic rings. The highest BCUT2D eigenvalue weighted by atomic mass is 16.4. The summed E-state index contributed by atoms with van der Waals surface area (Å²) in [5.74, 6) is 1.10. The number of aromatic nitrogens is 2. The first kappa shape index (κ1) is 32.2. The van der Waals surface area contributed by atoms with E-state index in [0.717, 1.165) is 55.6 Å². The van der Waals surface area contributed by atoms with Gasteiger partial charge in [-0.1, -0.05) is 127 Å². The molecule has 0 saturated heterocycles. The molecular weight excluding hydrogens is 685 g/mol. The molecule has 1 unspecified atom stereocenters. The zero-order chi connectivity index (χ0) is 37.2. The Morgan fingerprint density at radius 1 is 0.357 bits per heavy atom. The van der Waals surface area contributed by atoms with E-state index in [2.05, 4.69) is 140 Å². The molecule has 1 aliphatic rings. The number of para-hydroxylation sites is 4. The van der Waals surface area contributed by atoms with Gasteiger partial charge in [-0.05, 0) is 129 Å². The molecular formula is C52H34N2O2. The van der Waals surface area contributed by atoms with Crippen LogP contribution >= 0.6 is 0 Å². The summed E-state index contributed by atoms with van der Waals surface area (Å²) < 4.78 is 12.5. The van der Waals surface area contributed by atoms with E-state index >= 15 is 0 Å². The molecule has 2 heterocycles. The van der Waals surface area contributed by atoms with Crippen molar-refractivity contribution in [2.45, 2.75) is 12.3 Å². The number of benzene rings is 8. The second kappa shape index (κ2) is 12.6. The largest absolute Gasteiger partial charge is 0.436 e. The smallest absolute Gasteiger partial charge is 0.227 e. The van der Waals surface area contributed by atoms with E-state index in [9.17, 15) is 0 Å². The molecule has 0 fully saturated rings. The highest BCUT2D eigenvalue weighted by Crippen LogP contribution is 2.53. The Morgan fingerprint density at radius 2 is 0.821 bits per heavy atom. The molecule has 2 aromatic heterocycles. The Hall–Kier alpha value is -7.30. The molecule has 0 saturated carbocycles. The van der Waals surface area contributed by atoms with E-state index < -0.39 is 0 Å². The standard InChI is InChI=1S/C52H34N2O2/c1-52(41-17-3-2-4-18-41)44-20-6-5-19-42(44)43-26-25-37(32-45(43)52)35-15-11-13-33(27-35)34-14-12-16-36(28-34)38-29-39(50-53-46-21-7-9-23-48(46)55-50)31-40(30-38)51-54-47-22-8-10-24-49(47)56-51/h2-32H,1H3. The molecule has 0 N–H and O–H groups in total. The fourth-order valence-corrected chi connectivity index (χ4v) is 8.54. The maximum absolute atomic E-state index is 6.26. The molecule has 0 radical (unpaired) electrons. The van der Waals surface area contributed by atoms with Gasteiger partial charge in [0.25, 0.3) is 0 Å². The van der Waals surface area contributed by atoms with Gasteiger partial charge in [0.05, 0.1) is 0 Å². The van der Waals surface area contributed by atoms with E-state index in [1.807, 2.05) is 54.6 Å². The molecule has 8 aromatic carbocycles. The van der Waals surface area contributed by atoms with Gasteiger partial charge in [0, 0.05) is 16.5 Å². The Kier molecular flexibility index (Phi) is 7.26. The monoisotopic (exact) mass is 718 g/mol. The van der Waals surface area contributed by atoms with Crippen LogP contribution in [0.4, 0.5) is 0 Å². The van der Waals surface area contributed by atoms with E-state index in [1.54, 1.807) is 0 Å². The third-order valence-corrected chi connectivity index (χ3v) is 11.4. The minimum absolute atomic E-state index is 0.252. The molecule has 0 bridgehead atoms. The number of rotatable bonds is 6. The molecule has 0 spiro atoms. The molecule has 1 atom stereocenters. The van der Waals surface area contributed by atoms with Crippen LogP contribution in [0.1, 0.15) is 23.6 Å². The number of hydrogen-bond acceptors (Lipinski definition) is 4. The molecule has 0 aliphatic heterocycles. The first-order valence-corrected chi connectivity index (χ1v) is 19.0. The van der Waals surface area contributed by atoms with Crippen molar-refractivity contribution in [3.63, 3.8) is 0 Å². The van der Waals surface area contributed by atoms with Gasteiger partial charge in [-0.2, -0.15) is 0 Å². The lowest BCUT2D eigenvalue weighted by atomic mass is 9.74. The topological polar surface area (TPSA) is 52.1 Å². The maximum Gasteiger partial charge on any atom is 0.227 e. The molecule has 264 valence electrons. The summed E-state index contributed by atoms with van der Waals surface area (Å²) in [4.78, 5) is 9.68. The lowest BCUT2D eigenvalue weighted by Crippen LogP contribution is -2.22. The van der Waals surface area contributed by atoms with E-state index in [0.29, 0.717) is 11.8 Å².